The van der Waals surface area contributed by atoms with Crippen LogP contribution in [0.4, 0.5) is 4.79 Å². The summed E-state index contributed by atoms with van der Waals surface area (Å²) >= 11 is 0. The number of H-pyrrole nitrogens is 1. The van der Waals surface area contributed by atoms with Crippen LogP contribution in [-0.4, -0.2) is 60.6 Å². The number of nitrogens with one attached hydrogen (secondary N) is 2. The van der Waals surface area contributed by atoms with Crippen LogP contribution in [-0.2, 0) is 11.2 Å². The Morgan fingerprint density at radius 2 is 1.98 bits per heavy atom. The van der Waals surface area contributed by atoms with E-state index >= 15 is 0 Å². The number of hydrogen-bond donors (Lipinski definition) is 2. The number of benzene rings is 2. The van der Waals surface area contributed by atoms with E-state index in [1.807, 2.05) is 48.7 Å². The van der Waals surface area contributed by atoms with Gasteiger partial charge < -0.3 is 24.3 Å². The number of aryl methyl sites for hydroxylation is 2. The number of carbonyl (C=O) groups is 1. The molecule has 0 saturated heterocycles. The third-order valence-electron chi connectivity index (χ3n) is 7.20. The van der Waals surface area contributed by atoms with E-state index in [2.05, 4.69) is 36.9 Å². The van der Waals surface area contributed by atoms with Gasteiger partial charge in [-0.1, -0.05) is 11.6 Å². The maximum absolute atomic E-state index is 13.5. The standard InChI is InChI=1S/C30H30N8O4/c1-3-41-13-12-31-30(40)42-23-8-5-20(6-9-23)25-17-32-29(34-25)27-11-7-22-15-21(16-28(39)38(22)27)24-14-19(2)4-10-26(24)37-18-33-35-36-37/h4-6,8-10,14-18,27H,3,7,11-13H2,1-2H3,(H,31,40)(H,32,34)/t27-/m0/s1. The lowest BCUT2D eigenvalue weighted by Gasteiger charge is -2.15. The largest absolute Gasteiger partial charge is 0.412 e. The Morgan fingerprint density at radius 1 is 1.12 bits per heavy atom. The molecular weight excluding hydrogens is 536 g/mol. The number of pyridine rings is 1. The van der Waals surface area contributed by atoms with Gasteiger partial charge in [0.1, 0.15) is 17.9 Å². The second-order valence-electron chi connectivity index (χ2n) is 9.99. The van der Waals surface area contributed by atoms with Crippen molar-refractivity contribution < 1.29 is 14.3 Å². The zero-order valence-electron chi connectivity index (χ0n) is 23.3. The van der Waals surface area contributed by atoms with Crippen LogP contribution in [0.15, 0.2) is 71.9 Å². The van der Waals surface area contributed by atoms with Gasteiger partial charge >= 0.3 is 6.09 Å². The minimum Gasteiger partial charge on any atom is -0.410 e. The zero-order chi connectivity index (χ0) is 29.1. The van der Waals surface area contributed by atoms with Gasteiger partial charge in [-0.25, -0.2) is 9.78 Å². The summed E-state index contributed by atoms with van der Waals surface area (Å²) in [5.74, 6) is 1.15. The molecule has 5 aromatic rings. The highest BCUT2D eigenvalue weighted by molar-refractivity contribution is 5.74. The van der Waals surface area contributed by atoms with Crippen LogP contribution in [0.5, 0.6) is 5.75 Å². The van der Waals surface area contributed by atoms with Gasteiger partial charge in [0, 0.05) is 30.5 Å². The first-order valence-corrected chi connectivity index (χ1v) is 13.8. The third kappa shape index (κ3) is 5.56. The van der Waals surface area contributed by atoms with E-state index in [-0.39, 0.29) is 11.6 Å². The molecule has 12 heteroatoms. The van der Waals surface area contributed by atoms with Crippen molar-refractivity contribution in [1.82, 2.24) is 40.1 Å². The molecular formula is C30H30N8O4. The summed E-state index contributed by atoms with van der Waals surface area (Å²) in [7, 11) is 0. The Kier molecular flexibility index (Phi) is 7.60. The summed E-state index contributed by atoms with van der Waals surface area (Å²) in [6.45, 7) is 5.32. The molecule has 2 aromatic carbocycles. The fraction of sp³-hybridized carbons (Fsp3) is 0.267. The Labute approximate surface area is 241 Å². The number of aromatic amines is 1. The molecule has 0 bridgehead atoms. The molecule has 214 valence electrons. The van der Waals surface area contributed by atoms with Gasteiger partial charge in [-0.05, 0) is 90.7 Å². The van der Waals surface area contributed by atoms with Gasteiger partial charge in [0.05, 0.1) is 30.2 Å². The van der Waals surface area contributed by atoms with Crippen LogP contribution in [0.3, 0.4) is 0 Å². The van der Waals surface area contributed by atoms with Gasteiger partial charge in [0.25, 0.3) is 5.56 Å². The number of carbonyl (C=O) groups excluding carboxylic acids is 1. The van der Waals surface area contributed by atoms with Gasteiger partial charge in [0.2, 0.25) is 0 Å². The molecule has 6 rings (SSSR count). The van der Waals surface area contributed by atoms with E-state index in [1.165, 1.54) is 0 Å². The molecule has 42 heavy (non-hydrogen) atoms. The minimum atomic E-state index is -0.534. The zero-order valence-corrected chi connectivity index (χ0v) is 23.3. The summed E-state index contributed by atoms with van der Waals surface area (Å²) in [6, 6.07) is 16.7. The fourth-order valence-corrected chi connectivity index (χ4v) is 5.23. The number of tetrazole rings is 1. The highest BCUT2D eigenvalue weighted by atomic mass is 16.6. The molecule has 0 aliphatic carbocycles. The molecule has 3 aromatic heterocycles. The lowest BCUT2D eigenvalue weighted by atomic mass is 10.0. The molecule has 0 spiro atoms. The van der Waals surface area contributed by atoms with Crippen LogP contribution in [0.2, 0.25) is 0 Å². The van der Waals surface area contributed by atoms with E-state index < -0.39 is 6.09 Å². The topological polar surface area (TPSA) is 142 Å². The van der Waals surface area contributed by atoms with Gasteiger partial charge in [0.15, 0.2) is 0 Å². The molecule has 0 unspecified atom stereocenters. The maximum Gasteiger partial charge on any atom is 0.412 e. The molecule has 0 radical (unpaired) electrons. The van der Waals surface area contributed by atoms with Crippen molar-refractivity contribution >= 4 is 6.09 Å². The van der Waals surface area contributed by atoms with Crippen molar-refractivity contribution in [3.8, 4) is 33.8 Å². The molecule has 12 nitrogen and oxygen atoms in total. The van der Waals surface area contributed by atoms with E-state index in [1.54, 1.807) is 35.4 Å². The molecule has 1 aliphatic heterocycles. The highest BCUT2D eigenvalue weighted by Gasteiger charge is 2.28. The van der Waals surface area contributed by atoms with Crippen LogP contribution in [0, 0.1) is 6.92 Å². The van der Waals surface area contributed by atoms with E-state index in [9.17, 15) is 9.59 Å². The average Bonchev–Trinajstić information content (AvgIpc) is 3.77. The number of nitrogens with zero attached hydrogens (tertiary/aromatic N) is 6. The summed E-state index contributed by atoms with van der Waals surface area (Å²) < 4.78 is 13.9. The number of rotatable bonds is 9. The lowest BCUT2D eigenvalue weighted by Crippen LogP contribution is -2.30. The first kappa shape index (κ1) is 27.1. The first-order valence-electron chi connectivity index (χ1n) is 13.8. The van der Waals surface area contributed by atoms with Crippen LogP contribution >= 0.6 is 0 Å². The number of ether oxygens (including phenoxy) is 2. The summed E-state index contributed by atoms with van der Waals surface area (Å²) in [5, 5.41) is 14.2. The number of fused-ring (bicyclic) bond motifs is 1. The number of hydrogen-bond acceptors (Lipinski definition) is 8. The second kappa shape index (κ2) is 11.8. The molecule has 1 aliphatic rings. The molecule has 0 fully saturated rings. The Balaban J connectivity index is 1.20. The van der Waals surface area contributed by atoms with Crippen molar-refractivity contribution in [2.45, 2.75) is 32.7 Å². The van der Waals surface area contributed by atoms with E-state index in [4.69, 9.17) is 9.47 Å². The van der Waals surface area contributed by atoms with Crippen molar-refractivity contribution in [1.29, 1.82) is 0 Å². The van der Waals surface area contributed by atoms with Crippen LogP contribution in [0.1, 0.15) is 36.5 Å². The Hall–Kier alpha value is -5.10. The van der Waals surface area contributed by atoms with Gasteiger partial charge in [-0.2, -0.15) is 4.68 Å². The van der Waals surface area contributed by atoms with Crippen molar-refractivity contribution in [3.63, 3.8) is 0 Å². The van der Waals surface area contributed by atoms with Crippen molar-refractivity contribution in [2.75, 3.05) is 19.8 Å². The number of imidazole rings is 1. The predicted octanol–water partition coefficient (Wildman–Crippen LogP) is 3.85. The van der Waals surface area contributed by atoms with Crippen molar-refractivity contribution in [3.05, 3.63) is 94.6 Å². The number of aromatic nitrogens is 7. The Morgan fingerprint density at radius 3 is 2.76 bits per heavy atom. The molecule has 1 atom stereocenters. The minimum absolute atomic E-state index is 0.0897. The normalized spacial score (nSPS) is 14.1. The average molecular weight is 567 g/mol. The molecule has 2 N–H and O–H groups in total. The molecule has 4 heterocycles. The van der Waals surface area contributed by atoms with E-state index in [0.29, 0.717) is 25.5 Å². The fourth-order valence-electron chi connectivity index (χ4n) is 5.23. The van der Waals surface area contributed by atoms with Crippen LogP contribution < -0.4 is 15.6 Å². The monoisotopic (exact) mass is 566 g/mol. The van der Waals surface area contributed by atoms with Gasteiger partial charge in [-0.15, -0.1) is 5.10 Å². The molecule has 1 amide bonds. The Bertz CT molecular complexity index is 1760. The summed E-state index contributed by atoms with van der Waals surface area (Å²) in [4.78, 5) is 33.5. The van der Waals surface area contributed by atoms with Crippen molar-refractivity contribution in [2.24, 2.45) is 0 Å². The highest BCUT2D eigenvalue weighted by Crippen LogP contribution is 2.34. The molecule has 0 saturated carbocycles. The van der Waals surface area contributed by atoms with E-state index in [0.717, 1.165) is 58.0 Å². The summed E-state index contributed by atoms with van der Waals surface area (Å²) in [5.41, 5.74) is 6.14. The predicted molar refractivity (Wildman–Crippen MR) is 155 cm³/mol. The number of amides is 1. The third-order valence-corrected chi connectivity index (χ3v) is 7.20. The SMILES string of the molecule is CCOCCNC(=O)Oc1ccc(-c2cnc([C@@H]3CCc4cc(-c5cc(C)ccc5-n5cnnn5)cc(=O)n43)[nH]2)cc1. The lowest BCUT2D eigenvalue weighted by molar-refractivity contribution is 0.145. The smallest absolute Gasteiger partial charge is 0.410 e. The first-order chi connectivity index (χ1) is 20.5. The summed E-state index contributed by atoms with van der Waals surface area (Å²) in [6.07, 6.45) is 4.27. The maximum atomic E-state index is 13.5. The second-order valence-corrected chi connectivity index (χ2v) is 9.99. The van der Waals surface area contributed by atoms with Gasteiger partial charge in [-0.3, -0.25) is 4.79 Å². The quantitative estimate of drug-likeness (QED) is 0.256. The van der Waals surface area contributed by atoms with Crippen LogP contribution in [0.25, 0.3) is 28.1 Å².